The van der Waals surface area contributed by atoms with E-state index in [0.29, 0.717) is 26.2 Å². The SMILES string of the molecule is CCOC(CN(Cc1ccc2ccccc2c1)C(=O)[C@H](CC(C)C)NC(=O)OCC1c2ccccc2-c2ccccc21)OCC. The Morgan fingerprint density at radius 3 is 2.02 bits per heavy atom. The molecule has 0 aliphatic heterocycles. The van der Waals surface area contributed by atoms with Crippen molar-refractivity contribution in [2.45, 2.75) is 58.9 Å². The van der Waals surface area contributed by atoms with Gasteiger partial charge in [0.2, 0.25) is 5.91 Å². The van der Waals surface area contributed by atoms with Crippen LogP contribution < -0.4 is 5.32 Å². The van der Waals surface area contributed by atoms with Gasteiger partial charge >= 0.3 is 6.09 Å². The van der Waals surface area contributed by atoms with E-state index in [9.17, 15) is 9.59 Å². The number of hydrogen-bond donors (Lipinski definition) is 1. The first-order chi connectivity index (χ1) is 21.9. The number of carbonyl (C=O) groups excluding carboxylic acids is 2. The van der Waals surface area contributed by atoms with E-state index in [-0.39, 0.29) is 30.9 Å². The monoisotopic (exact) mass is 608 g/mol. The molecule has 1 aliphatic rings. The average Bonchev–Trinajstić information content (AvgIpc) is 3.36. The molecule has 0 saturated heterocycles. The molecular formula is C38H44N2O5. The summed E-state index contributed by atoms with van der Waals surface area (Å²) in [6.07, 6.45) is -0.725. The molecule has 4 aromatic rings. The van der Waals surface area contributed by atoms with Gasteiger partial charge in [0.1, 0.15) is 12.6 Å². The molecule has 0 spiro atoms. The van der Waals surface area contributed by atoms with E-state index in [4.69, 9.17) is 14.2 Å². The number of alkyl carbamates (subject to hydrolysis) is 1. The van der Waals surface area contributed by atoms with Gasteiger partial charge in [0, 0.05) is 25.7 Å². The summed E-state index contributed by atoms with van der Waals surface area (Å²) in [6.45, 7) is 9.55. The molecule has 0 unspecified atom stereocenters. The molecule has 1 N–H and O–H groups in total. The molecule has 0 radical (unpaired) electrons. The van der Waals surface area contributed by atoms with Gasteiger partial charge < -0.3 is 24.4 Å². The van der Waals surface area contributed by atoms with Gasteiger partial charge in [-0.3, -0.25) is 4.79 Å². The fourth-order valence-electron chi connectivity index (χ4n) is 6.19. The summed E-state index contributed by atoms with van der Waals surface area (Å²) in [5.74, 6) is -0.107. The number of rotatable bonds is 14. The average molecular weight is 609 g/mol. The lowest BCUT2D eigenvalue weighted by atomic mass is 9.98. The second-order valence-electron chi connectivity index (χ2n) is 11.9. The summed E-state index contributed by atoms with van der Waals surface area (Å²) in [5, 5.41) is 5.15. The zero-order valence-corrected chi connectivity index (χ0v) is 26.7. The Hall–Kier alpha value is -4.20. The Bertz CT molecular complexity index is 1550. The molecule has 4 aromatic carbocycles. The fraction of sp³-hybridized carbons (Fsp3) is 0.368. The van der Waals surface area contributed by atoms with Gasteiger partial charge in [0.25, 0.3) is 0 Å². The van der Waals surface area contributed by atoms with Gasteiger partial charge in [0.15, 0.2) is 6.29 Å². The zero-order valence-electron chi connectivity index (χ0n) is 26.7. The molecule has 7 nitrogen and oxygen atoms in total. The number of carbonyl (C=O) groups is 2. The van der Waals surface area contributed by atoms with Crippen molar-refractivity contribution in [1.82, 2.24) is 10.2 Å². The first-order valence-corrected chi connectivity index (χ1v) is 16.0. The molecule has 0 aromatic heterocycles. The highest BCUT2D eigenvalue weighted by molar-refractivity contribution is 5.86. The molecule has 1 aliphatic carbocycles. The molecule has 0 heterocycles. The second-order valence-corrected chi connectivity index (χ2v) is 11.9. The number of nitrogens with one attached hydrogen (secondary N) is 1. The van der Waals surface area contributed by atoms with Crippen LogP contribution in [0.2, 0.25) is 0 Å². The normalized spacial score (nSPS) is 13.1. The van der Waals surface area contributed by atoms with E-state index in [1.165, 1.54) is 0 Å². The highest BCUT2D eigenvalue weighted by Crippen LogP contribution is 2.44. The Morgan fingerprint density at radius 2 is 1.40 bits per heavy atom. The van der Waals surface area contributed by atoms with E-state index in [1.54, 1.807) is 4.90 Å². The van der Waals surface area contributed by atoms with Gasteiger partial charge in [-0.25, -0.2) is 4.79 Å². The maximum Gasteiger partial charge on any atom is 0.407 e. The lowest BCUT2D eigenvalue weighted by Gasteiger charge is -2.31. The van der Waals surface area contributed by atoms with Crippen LogP contribution >= 0.6 is 0 Å². The Balaban J connectivity index is 1.33. The molecular weight excluding hydrogens is 564 g/mol. The van der Waals surface area contributed by atoms with Crippen molar-refractivity contribution in [3.63, 3.8) is 0 Å². The van der Waals surface area contributed by atoms with Crippen LogP contribution in [0.4, 0.5) is 4.79 Å². The third kappa shape index (κ3) is 7.91. The third-order valence-corrected chi connectivity index (χ3v) is 8.21. The molecule has 0 bridgehead atoms. The van der Waals surface area contributed by atoms with Crippen molar-refractivity contribution in [3.05, 3.63) is 108 Å². The van der Waals surface area contributed by atoms with Crippen LogP contribution in [0.3, 0.4) is 0 Å². The number of amides is 2. The van der Waals surface area contributed by atoms with Crippen molar-refractivity contribution >= 4 is 22.8 Å². The van der Waals surface area contributed by atoms with Crippen LogP contribution in [-0.4, -0.2) is 55.6 Å². The zero-order chi connectivity index (χ0) is 31.8. The fourth-order valence-corrected chi connectivity index (χ4v) is 6.19. The van der Waals surface area contributed by atoms with Crippen LogP contribution in [-0.2, 0) is 25.5 Å². The number of hydrogen-bond acceptors (Lipinski definition) is 5. The predicted molar refractivity (Wildman–Crippen MR) is 178 cm³/mol. The largest absolute Gasteiger partial charge is 0.449 e. The highest BCUT2D eigenvalue weighted by atomic mass is 16.7. The van der Waals surface area contributed by atoms with Crippen molar-refractivity contribution in [1.29, 1.82) is 0 Å². The summed E-state index contributed by atoms with van der Waals surface area (Å²) in [7, 11) is 0. The molecule has 7 heteroatoms. The van der Waals surface area contributed by atoms with Crippen LogP contribution in [0.15, 0.2) is 91.0 Å². The molecule has 0 fully saturated rings. The quantitative estimate of drug-likeness (QED) is 0.150. The molecule has 1 atom stereocenters. The minimum atomic E-state index is -0.773. The van der Waals surface area contributed by atoms with E-state index >= 15 is 0 Å². The van der Waals surface area contributed by atoms with Crippen LogP contribution in [0.25, 0.3) is 21.9 Å². The van der Waals surface area contributed by atoms with Gasteiger partial charge in [0.05, 0.1) is 6.54 Å². The third-order valence-electron chi connectivity index (χ3n) is 8.21. The van der Waals surface area contributed by atoms with Crippen molar-refractivity contribution < 1.29 is 23.8 Å². The maximum atomic E-state index is 14.3. The van der Waals surface area contributed by atoms with Gasteiger partial charge in [-0.2, -0.15) is 0 Å². The topological polar surface area (TPSA) is 77.1 Å². The molecule has 5 rings (SSSR count). The van der Waals surface area contributed by atoms with Crippen molar-refractivity contribution in [3.8, 4) is 11.1 Å². The summed E-state index contributed by atoms with van der Waals surface area (Å²) >= 11 is 0. The molecule has 236 valence electrons. The van der Waals surface area contributed by atoms with Crippen molar-refractivity contribution in [2.75, 3.05) is 26.4 Å². The minimum Gasteiger partial charge on any atom is -0.449 e. The minimum absolute atomic E-state index is 0.0649. The Morgan fingerprint density at radius 1 is 0.800 bits per heavy atom. The summed E-state index contributed by atoms with van der Waals surface area (Å²) in [6, 6.07) is 30.0. The van der Waals surface area contributed by atoms with E-state index in [2.05, 4.69) is 53.8 Å². The number of benzene rings is 4. The summed E-state index contributed by atoms with van der Waals surface area (Å²) in [5.41, 5.74) is 5.59. The van der Waals surface area contributed by atoms with Crippen molar-refractivity contribution in [2.24, 2.45) is 5.92 Å². The van der Waals surface area contributed by atoms with E-state index in [1.807, 2.05) is 70.2 Å². The lowest BCUT2D eigenvalue weighted by molar-refractivity contribution is -0.161. The first kappa shape index (κ1) is 32.2. The molecule has 45 heavy (non-hydrogen) atoms. The number of fused-ring (bicyclic) bond motifs is 4. The van der Waals surface area contributed by atoms with Crippen LogP contribution in [0.5, 0.6) is 0 Å². The number of ether oxygens (including phenoxy) is 3. The van der Waals surface area contributed by atoms with Gasteiger partial charge in [-0.15, -0.1) is 0 Å². The van der Waals surface area contributed by atoms with Crippen LogP contribution in [0.1, 0.15) is 56.7 Å². The Labute approximate surface area is 266 Å². The van der Waals surface area contributed by atoms with Gasteiger partial charge in [-0.05, 0) is 70.8 Å². The second kappa shape index (κ2) is 15.2. The standard InChI is InChI=1S/C38H44N2O5/c1-5-43-36(44-6-2)24-40(23-27-19-20-28-13-7-8-14-29(28)22-27)37(41)35(21-26(3)4)39-38(42)45-25-34-32-17-11-9-15-30(32)31-16-10-12-18-33(31)34/h7-20,22,26,34-36H,5-6,21,23-25H2,1-4H3,(H,39,42)/t35-/m0/s1. The lowest BCUT2D eigenvalue weighted by Crippen LogP contribution is -2.51. The molecule has 2 amide bonds. The molecule has 0 saturated carbocycles. The van der Waals surface area contributed by atoms with E-state index in [0.717, 1.165) is 38.6 Å². The smallest absolute Gasteiger partial charge is 0.407 e. The van der Waals surface area contributed by atoms with E-state index < -0.39 is 18.4 Å². The summed E-state index contributed by atoms with van der Waals surface area (Å²) in [4.78, 5) is 29.3. The maximum absolute atomic E-state index is 14.3. The number of nitrogens with zero attached hydrogens (tertiary/aromatic N) is 1. The predicted octanol–water partition coefficient (Wildman–Crippen LogP) is 7.52. The van der Waals surface area contributed by atoms with Gasteiger partial charge in [-0.1, -0.05) is 98.8 Å². The summed E-state index contributed by atoms with van der Waals surface area (Å²) < 4.78 is 17.5. The first-order valence-electron chi connectivity index (χ1n) is 16.0. The highest BCUT2D eigenvalue weighted by Gasteiger charge is 2.32. The van der Waals surface area contributed by atoms with Crippen LogP contribution in [0, 0.1) is 5.92 Å². The Kier molecular flexibility index (Phi) is 10.9.